The first-order chi connectivity index (χ1) is 16.5. The molecule has 7 nitrogen and oxygen atoms in total. The number of halogens is 1. The van der Waals surface area contributed by atoms with Gasteiger partial charge in [-0.05, 0) is 43.4 Å². The van der Waals surface area contributed by atoms with E-state index in [-0.39, 0.29) is 5.91 Å². The minimum Gasteiger partial charge on any atom is -0.378 e. The molecule has 2 aliphatic rings. The van der Waals surface area contributed by atoms with Crippen LogP contribution in [0, 0.1) is 0 Å². The molecule has 174 valence electrons. The molecular weight excluding hydrogens is 514 g/mol. The summed E-state index contributed by atoms with van der Waals surface area (Å²) >= 11 is 9.01. The number of carbonyl (C=O) groups excluding carboxylic acids is 1. The van der Waals surface area contributed by atoms with Crippen LogP contribution in [0.5, 0.6) is 0 Å². The van der Waals surface area contributed by atoms with Crippen LogP contribution in [0.15, 0.2) is 76.5 Å². The lowest BCUT2D eigenvalue weighted by molar-refractivity contribution is -0.131. The van der Waals surface area contributed by atoms with E-state index < -0.39 is 6.04 Å². The number of carbonyl (C=O) groups is 1. The van der Waals surface area contributed by atoms with Gasteiger partial charge in [0.1, 0.15) is 0 Å². The number of nitrogens with one attached hydrogen (secondary N) is 2. The maximum Gasteiger partial charge on any atom is 0.254 e. The summed E-state index contributed by atoms with van der Waals surface area (Å²) in [4.78, 5) is 15.5. The molecule has 1 amide bonds. The Morgan fingerprint density at radius 3 is 2.53 bits per heavy atom. The Morgan fingerprint density at radius 1 is 1.12 bits per heavy atom. The number of rotatable bonds is 4. The Kier molecular flexibility index (Phi) is 6.49. The third-order valence-corrected chi connectivity index (χ3v) is 6.74. The molecule has 1 fully saturated rings. The van der Waals surface area contributed by atoms with Crippen LogP contribution in [0.4, 0.5) is 0 Å². The summed E-state index contributed by atoms with van der Waals surface area (Å²) in [6, 6.07) is 17.5. The van der Waals surface area contributed by atoms with Crippen molar-refractivity contribution in [2.75, 3.05) is 26.3 Å². The topological polar surface area (TPSA) is 71.4 Å². The Morgan fingerprint density at radius 2 is 1.82 bits per heavy atom. The molecule has 1 atom stereocenters. The second kappa shape index (κ2) is 9.69. The molecule has 2 aliphatic heterocycles. The summed E-state index contributed by atoms with van der Waals surface area (Å²) in [5.41, 5.74) is 4.95. The standard InChI is InChI=1S/C25H24BrN5O2S/c1-16-21(24(32)30-11-13-33-14-12-30)23(28-25(34)27-16)20-15-31(19-5-3-2-4-6-19)29-22(20)17-7-9-18(26)10-8-17/h2-10,15,23H,11-14H2,1H3,(H2,27,28,34). The summed E-state index contributed by atoms with van der Waals surface area (Å²) in [6.07, 6.45) is 1.98. The fourth-order valence-electron chi connectivity index (χ4n) is 4.29. The van der Waals surface area contributed by atoms with Gasteiger partial charge < -0.3 is 20.3 Å². The third-order valence-electron chi connectivity index (χ3n) is 5.99. The molecule has 0 spiro atoms. The quantitative estimate of drug-likeness (QED) is 0.491. The largest absolute Gasteiger partial charge is 0.378 e. The van der Waals surface area contributed by atoms with Gasteiger partial charge in [-0.25, -0.2) is 4.68 Å². The van der Waals surface area contributed by atoms with Gasteiger partial charge in [-0.15, -0.1) is 0 Å². The van der Waals surface area contributed by atoms with E-state index in [1.165, 1.54) is 0 Å². The monoisotopic (exact) mass is 537 g/mol. The van der Waals surface area contributed by atoms with E-state index in [1.54, 1.807) is 0 Å². The van der Waals surface area contributed by atoms with Gasteiger partial charge in [0.05, 0.1) is 36.2 Å². The van der Waals surface area contributed by atoms with Crippen molar-refractivity contribution in [3.8, 4) is 16.9 Å². The van der Waals surface area contributed by atoms with Crippen molar-refractivity contribution in [3.63, 3.8) is 0 Å². The van der Waals surface area contributed by atoms with E-state index in [9.17, 15) is 4.79 Å². The minimum atomic E-state index is -0.444. The molecule has 0 radical (unpaired) electrons. The van der Waals surface area contributed by atoms with E-state index in [0.717, 1.165) is 32.7 Å². The molecule has 34 heavy (non-hydrogen) atoms. The van der Waals surface area contributed by atoms with Crippen LogP contribution < -0.4 is 10.6 Å². The highest BCUT2D eigenvalue weighted by Gasteiger charge is 2.35. The Balaban J connectivity index is 1.64. The number of aromatic nitrogens is 2. The number of allylic oxidation sites excluding steroid dienone is 1. The molecule has 3 aromatic rings. The van der Waals surface area contributed by atoms with Crippen molar-refractivity contribution in [1.82, 2.24) is 25.3 Å². The highest BCUT2D eigenvalue weighted by Crippen LogP contribution is 2.35. The molecule has 0 saturated carbocycles. The van der Waals surface area contributed by atoms with Crippen LogP contribution in [-0.4, -0.2) is 52.0 Å². The fourth-order valence-corrected chi connectivity index (χ4v) is 4.83. The van der Waals surface area contributed by atoms with Crippen LogP contribution in [0.25, 0.3) is 16.9 Å². The zero-order valence-corrected chi connectivity index (χ0v) is 21.0. The van der Waals surface area contributed by atoms with Crippen LogP contribution in [0.1, 0.15) is 18.5 Å². The van der Waals surface area contributed by atoms with Crippen LogP contribution in [0.3, 0.4) is 0 Å². The molecule has 3 heterocycles. The number of benzene rings is 2. The highest BCUT2D eigenvalue weighted by atomic mass is 79.9. The number of amides is 1. The predicted octanol–water partition coefficient (Wildman–Crippen LogP) is 3.95. The minimum absolute atomic E-state index is 0.0254. The van der Waals surface area contributed by atoms with Crippen molar-refractivity contribution >= 4 is 39.2 Å². The van der Waals surface area contributed by atoms with Crippen LogP contribution >= 0.6 is 28.1 Å². The van der Waals surface area contributed by atoms with Crippen molar-refractivity contribution in [1.29, 1.82) is 0 Å². The van der Waals surface area contributed by atoms with Gasteiger partial charge >= 0.3 is 0 Å². The SMILES string of the molecule is CC1=C(C(=O)N2CCOCC2)C(c2cn(-c3ccccc3)nc2-c2ccc(Br)cc2)NC(=S)N1. The predicted molar refractivity (Wildman–Crippen MR) is 138 cm³/mol. The summed E-state index contributed by atoms with van der Waals surface area (Å²) in [5.74, 6) is -0.0254. The van der Waals surface area contributed by atoms with Crippen LogP contribution in [-0.2, 0) is 9.53 Å². The molecule has 2 N–H and O–H groups in total. The van der Waals surface area contributed by atoms with Gasteiger partial charge in [0.25, 0.3) is 5.91 Å². The zero-order chi connectivity index (χ0) is 23.7. The smallest absolute Gasteiger partial charge is 0.254 e. The van der Waals surface area contributed by atoms with Crippen molar-refractivity contribution in [2.45, 2.75) is 13.0 Å². The summed E-state index contributed by atoms with van der Waals surface area (Å²) in [5, 5.41) is 11.9. The second-order valence-electron chi connectivity index (χ2n) is 8.19. The highest BCUT2D eigenvalue weighted by molar-refractivity contribution is 9.10. The molecule has 0 bridgehead atoms. The molecule has 1 aromatic heterocycles. The normalized spacial score (nSPS) is 18.5. The van der Waals surface area contributed by atoms with Gasteiger partial charge in [0.2, 0.25) is 0 Å². The average molecular weight is 538 g/mol. The number of morpholine rings is 1. The van der Waals surface area contributed by atoms with Crippen molar-refractivity contribution in [2.24, 2.45) is 0 Å². The molecule has 0 aliphatic carbocycles. The van der Waals surface area contributed by atoms with E-state index in [0.29, 0.717) is 37.0 Å². The van der Waals surface area contributed by atoms with Gasteiger partial charge in [0.15, 0.2) is 5.11 Å². The Bertz CT molecular complexity index is 1250. The van der Waals surface area contributed by atoms with E-state index in [2.05, 4.69) is 26.6 Å². The molecule has 1 unspecified atom stereocenters. The van der Waals surface area contributed by atoms with E-state index in [1.807, 2.05) is 77.3 Å². The number of hydrogen-bond donors (Lipinski definition) is 2. The second-order valence-corrected chi connectivity index (χ2v) is 9.52. The van der Waals surface area contributed by atoms with Gasteiger partial charge in [-0.1, -0.05) is 46.3 Å². The number of hydrogen-bond acceptors (Lipinski definition) is 4. The summed E-state index contributed by atoms with van der Waals surface area (Å²) in [6.45, 7) is 4.11. The van der Waals surface area contributed by atoms with Gasteiger partial charge in [0, 0.05) is 40.6 Å². The zero-order valence-electron chi connectivity index (χ0n) is 18.6. The van der Waals surface area contributed by atoms with Gasteiger partial charge in [-0.3, -0.25) is 4.79 Å². The lowest BCUT2D eigenvalue weighted by Gasteiger charge is -2.34. The first kappa shape index (κ1) is 22.8. The molecule has 2 aromatic carbocycles. The maximum absolute atomic E-state index is 13.7. The molecule has 1 saturated heterocycles. The fraction of sp³-hybridized carbons (Fsp3) is 0.240. The molecule has 9 heteroatoms. The van der Waals surface area contributed by atoms with Crippen molar-refractivity contribution < 1.29 is 9.53 Å². The number of thiocarbonyl (C=S) groups is 1. The molecule has 5 rings (SSSR count). The van der Waals surface area contributed by atoms with Crippen LogP contribution in [0.2, 0.25) is 0 Å². The van der Waals surface area contributed by atoms with Gasteiger partial charge in [-0.2, -0.15) is 5.10 Å². The lowest BCUT2D eigenvalue weighted by atomic mass is 9.93. The number of ether oxygens (including phenoxy) is 1. The summed E-state index contributed by atoms with van der Waals surface area (Å²) < 4.78 is 8.29. The first-order valence-electron chi connectivity index (χ1n) is 11.1. The molecular formula is C25H24BrN5O2S. The average Bonchev–Trinajstić information content (AvgIpc) is 3.30. The van der Waals surface area contributed by atoms with E-state index >= 15 is 0 Å². The third kappa shape index (κ3) is 4.51. The van der Waals surface area contributed by atoms with Crippen molar-refractivity contribution in [3.05, 3.63) is 82.1 Å². The first-order valence-corrected chi connectivity index (χ1v) is 12.3. The maximum atomic E-state index is 13.7. The Hall–Kier alpha value is -3.01. The lowest BCUT2D eigenvalue weighted by Crippen LogP contribution is -2.49. The number of nitrogens with zero attached hydrogens (tertiary/aromatic N) is 3. The summed E-state index contributed by atoms with van der Waals surface area (Å²) in [7, 11) is 0. The number of para-hydroxylation sites is 1. The Labute approximate surface area is 211 Å². The van der Waals surface area contributed by atoms with E-state index in [4.69, 9.17) is 22.1 Å².